The van der Waals surface area contributed by atoms with Crippen LogP contribution in [0, 0.1) is 10.1 Å². The van der Waals surface area contributed by atoms with E-state index in [1.165, 1.54) is 6.07 Å². The van der Waals surface area contributed by atoms with E-state index >= 15 is 0 Å². The molecule has 0 aromatic heterocycles. The summed E-state index contributed by atoms with van der Waals surface area (Å²) in [5.74, 6) is 0.737. The zero-order chi connectivity index (χ0) is 15.4. The molecule has 0 spiro atoms. The third kappa shape index (κ3) is 4.15. The first-order chi connectivity index (χ1) is 9.97. The lowest BCUT2D eigenvalue weighted by Crippen LogP contribution is -2.49. The highest BCUT2D eigenvalue weighted by Crippen LogP contribution is 2.27. The third-order valence-electron chi connectivity index (χ3n) is 3.63. The number of hydrogen-bond donors (Lipinski definition) is 1. The van der Waals surface area contributed by atoms with E-state index in [1.54, 1.807) is 12.1 Å². The van der Waals surface area contributed by atoms with Gasteiger partial charge in [0.25, 0.3) is 5.69 Å². The van der Waals surface area contributed by atoms with Gasteiger partial charge in [-0.1, -0.05) is 0 Å². The van der Waals surface area contributed by atoms with Gasteiger partial charge >= 0.3 is 0 Å². The van der Waals surface area contributed by atoms with Crippen molar-refractivity contribution in [2.24, 2.45) is 0 Å². The molecular weight excluding hydrogens is 270 g/mol. The second kappa shape index (κ2) is 6.87. The predicted octanol–water partition coefficient (Wildman–Crippen LogP) is 2.18. The van der Waals surface area contributed by atoms with Gasteiger partial charge in [0.15, 0.2) is 0 Å². The molecule has 0 unspecified atom stereocenters. The second-order valence-electron chi connectivity index (χ2n) is 5.74. The van der Waals surface area contributed by atoms with Crippen molar-refractivity contribution in [3.05, 3.63) is 33.9 Å². The molecule has 6 heteroatoms. The van der Waals surface area contributed by atoms with Crippen LogP contribution in [0.2, 0.25) is 0 Å². The summed E-state index contributed by atoms with van der Waals surface area (Å²) >= 11 is 0. The van der Waals surface area contributed by atoms with E-state index in [4.69, 9.17) is 4.74 Å². The molecule has 1 heterocycles. The molecule has 0 radical (unpaired) electrons. The van der Waals surface area contributed by atoms with Crippen molar-refractivity contribution >= 4 is 5.69 Å². The summed E-state index contributed by atoms with van der Waals surface area (Å²) in [6.07, 6.45) is 0.0469. The Morgan fingerprint density at radius 1 is 1.52 bits per heavy atom. The molecule has 1 fully saturated rings. The van der Waals surface area contributed by atoms with Crippen molar-refractivity contribution in [1.29, 1.82) is 0 Å². The van der Waals surface area contributed by atoms with Gasteiger partial charge < -0.3 is 10.1 Å². The summed E-state index contributed by atoms with van der Waals surface area (Å²) in [4.78, 5) is 12.9. The van der Waals surface area contributed by atoms with Crippen LogP contribution in [0.15, 0.2) is 18.2 Å². The molecular formula is C15H23N3O3. The highest BCUT2D eigenvalue weighted by Gasteiger charge is 2.21. The number of rotatable bonds is 5. The van der Waals surface area contributed by atoms with Gasteiger partial charge in [-0.25, -0.2) is 0 Å². The Balaban J connectivity index is 2.24. The molecule has 0 saturated carbocycles. The van der Waals surface area contributed by atoms with Crippen LogP contribution in [-0.4, -0.2) is 41.6 Å². The van der Waals surface area contributed by atoms with Gasteiger partial charge in [-0.3, -0.25) is 15.0 Å². The van der Waals surface area contributed by atoms with E-state index in [2.05, 4.69) is 17.1 Å². The Morgan fingerprint density at radius 2 is 2.29 bits per heavy atom. The molecule has 1 aliphatic rings. The Labute approximate surface area is 125 Å². The van der Waals surface area contributed by atoms with Crippen LogP contribution in [0.3, 0.4) is 0 Å². The monoisotopic (exact) mass is 293 g/mol. The molecule has 1 aliphatic heterocycles. The van der Waals surface area contributed by atoms with Gasteiger partial charge in [0.05, 0.1) is 11.0 Å². The van der Waals surface area contributed by atoms with Gasteiger partial charge in [-0.2, -0.15) is 0 Å². The number of nitrogens with zero attached hydrogens (tertiary/aromatic N) is 2. The summed E-state index contributed by atoms with van der Waals surface area (Å²) in [6, 6.07) is 5.25. The molecule has 2 rings (SSSR count). The first kappa shape index (κ1) is 15.7. The number of nitro benzene ring substituents is 1. The van der Waals surface area contributed by atoms with Crippen molar-refractivity contribution in [2.45, 2.75) is 39.5 Å². The van der Waals surface area contributed by atoms with Crippen LogP contribution in [0.5, 0.6) is 5.75 Å². The molecule has 0 aliphatic carbocycles. The summed E-state index contributed by atoms with van der Waals surface area (Å²) in [5, 5.41) is 14.3. The lowest BCUT2D eigenvalue weighted by molar-refractivity contribution is -0.385. The molecule has 116 valence electrons. The molecule has 6 nitrogen and oxygen atoms in total. The number of piperazine rings is 1. The van der Waals surface area contributed by atoms with Crippen molar-refractivity contribution in [2.75, 3.05) is 19.6 Å². The van der Waals surface area contributed by atoms with E-state index in [1.807, 2.05) is 13.8 Å². The van der Waals surface area contributed by atoms with E-state index in [0.29, 0.717) is 12.6 Å². The summed E-state index contributed by atoms with van der Waals surface area (Å²) in [6.45, 7) is 9.57. The van der Waals surface area contributed by atoms with Gasteiger partial charge in [0.2, 0.25) is 0 Å². The molecule has 21 heavy (non-hydrogen) atoms. The SMILES string of the molecule is CC(C)Oc1ccc([N+](=O)[O-])cc1CN1CCNC[C@H]1C. The van der Waals surface area contributed by atoms with Crippen LogP contribution >= 0.6 is 0 Å². The standard InChI is InChI=1S/C15H23N3O3/c1-11(2)21-15-5-4-14(18(19)20)8-13(15)10-17-7-6-16-9-12(17)3/h4-5,8,11-12,16H,6-7,9-10H2,1-3H3/t12-/m1/s1. The average Bonchev–Trinajstić information content (AvgIpc) is 2.42. The Bertz CT molecular complexity index is 505. The number of non-ortho nitro benzene ring substituents is 1. The lowest BCUT2D eigenvalue weighted by Gasteiger charge is -2.34. The van der Waals surface area contributed by atoms with Crippen LogP contribution in [0.1, 0.15) is 26.3 Å². The summed E-state index contributed by atoms with van der Waals surface area (Å²) < 4.78 is 5.79. The molecule has 1 aromatic rings. The summed E-state index contributed by atoms with van der Waals surface area (Å²) in [7, 11) is 0. The molecule has 1 saturated heterocycles. The molecule has 1 N–H and O–H groups in total. The fourth-order valence-electron chi connectivity index (χ4n) is 2.51. The van der Waals surface area contributed by atoms with Gasteiger partial charge in [-0.05, 0) is 26.8 Å². The number of hydrogen-bond acceptors (Lipinski definition) is 5. The van der Waals surface area contributed by atoms with Crippen molar-refractivity contribution in [1.82, 2.24) is 10.2 Å². The molecule has 1 aromatic carbocycles. The second-order valence-corrected chi connectivity index (χ2v) is 5.74. The van der Waals surface area contributed by atoms with Crippen molar-refractivity contribution < 1.29 is 9.66 Å². The van der Waals surface area contributed by atoms with Crippen LogP contribution in [0.4, 0.5) is 5.69 Å². The minimum Gasteiger partial charge on any atom is -0.491 e. The van der Waals surface area contributed by atoms with Crippen LogP contribution < -0.4 is 10.1 Å². The Morgan fingerprint density at radius 3 is 2.90 bits per heavy atom. The highest BCUT2D eigenvalue weighted by atomic mass is 16.6. The topological polar surface area (TPSA) is 67.6 Å². The molecule has 1 atom stereocenters. The van der Waals surface area contributed by atoms with Crippen LogP contribution in [0.25, 0.3) is 0 Å². The fourth-order valence-corrected chi connectivity index (χ4v) is 2.51. The highest BCUT2D eigenvalue weighted by molar-refractivity contribution is 5.44. The van der Waals surface area contributed by atoms with Crippen LogP contribution in [-0.2, 0) is 6.54 Å². The molecule has 0 amide bonds. The predicted molar refractivity (Wildman–Crippen MR) is 81.6 cm³/mol. The summed E-state index contributed by atoms with van der Waals surface area (Å²) in [5.41, 5.74) is 0.996. The first-order valence-corrected chi connectivity index (χ1v) is 7.36. The maximum absolute atomic E-state index is 11.0. The maximum Gasteiger partial charge on any atom is 0.270 e. The fraction of sp³-hybridized carbons (Fsp3) is 0.600. The zero-order valence-corrected chi connectivity index (χ0v) is 12.8. The van der Waals surface area contributed by atoms with Gasteiger partial charge in [0.1, 0.15) is 5.75 Å². The smallest absolute Gasteiger partial charge is 0.270 e. The van der Waals surface area contributed by atoms with E-state index in [-0.39, 0.29) is 16.7 Å². The number of benzene rings is 1. The average molecular weight is 293 g/mol. The minimum atomic E-state index is -0.357. The third-order valence-corrected chi connectivity index (χ3v) is 3.63. The largest absolute Gasteiger partial charge is 0.491 e. The normalized spacial score (nSPS) is 19.7. The van der Waals surface area contributed by atoms with Crippen molar-refractivity contribution in [3.8, 4) is 5.75 Å². The number of nitrogens with one attached hydrogen (secondary N) is 1. The van der Waals surface area contributed by atoms with Gasteiger partial charge in [0, 0.05) is 49.9 Å². The first-order valence-electron chi connectivity index (χ1n) is 7.36. The minimum absolute atomic E-state index is 0.0469. The van der Waals surface area contributed by atoms with E-state index in [0.717, 1.165) is 30.9 Å². The van der Waals surface area contributed by atoms with Crippen molar-refractivity contribution in [3.63, 3.8) is 0 Å². The van der Waals surface area contributed by atoms with E-state index in [9.17, 15) is 10.1 Å². The Kier molecular flexibility index (Phi) is 5.14. The number of nitro groups is 1. The lowest BCUT2D eigenvalue weighted by atomic mass is 10.1. The quantitative estimate of drug-likeness (QED) is 0.665. The Hall–Kier alpha value is -1.66. The van der Waals surface area contributed by atoms with E-state index < -0.39 is 0 Å². The van der Waals surface area contributed by atoms with Gasteiger partial charge in [-0.15, -0.1) is 0 Å². The zero-order valence-electron chi connectivity index (χ0n) is 12.8. The maximum atomic E-state index is 11.0. The molecule has 0 bridgehead atoms. The number of ether oxygens (including phenoxy) is 1.